The molecular formula is C22H28N2O8S. The first-order chi connectivity index (χ1) is 15.6. The molecule has 2 rings (SSSR count). The maximum absolute atomic E-state index is 12.7. The minimum atomic E-state index is -3.94. The van der Waals surface area contributed by atoms with E-state index in [2.05, 4.69) is 4.72 Å². The Morgan fingerprint density at radius 1 is 0.909 bits per heavy atom. The molecule has 0 amide bonds. The zero-order valence-corrected chi connectivity index (χ0v) is 20.2. The van der Waals surface area contributed by atoms with Crippen molar-refractivity contribution in [3.05, 3.63) is 41.3 Å². The van der Waals surface area contributed by atoms with Crippen LogP contribution in [0.1, 0.15) is 5.56 Å². The Morgan fingerprint density at radius 2 is 1.52 bits per heavy atom. The van der Waals surface area contributed by atoms with Crippen molar-refractivity contribution in [2.24, 2.45) is 0 Å². The second kappa shape index (κ2) is 11.4. The maximum atomic E-state index is 12.7. The lowest BCUT2D eigenvalue weighted by Crippen LogP contribution is -2.25. The van der Waals surface area contributed by atoms with Gasteiger partial charge in [0.1, 0.15) is 17.2 Å². The molecule has 0 aliphatic heterocycles. The summed E-state index contributed by atoms with van der Waals surface area (Å²) < 4.78 is 54.1. The molecule has 0 atom stereocenters. The van der Waals surface area contributed by atoms with Gasteiger partial charge in [-0.1, -0.05) is 0 Å². The number of nitrogens with zero attached hydrogens (tertiary/aromatic N) is 1. The summed E-state index contributed by atoms with van der Waals surface area (Å²) in [4.78, 5) is 13.7. The fourth-order valence-electron chi connectivity index (χ4n) is 2.79. The van der Waals surface area contributed by atoms with Gasteiger partial charge in [-0.2, -0.15) is 0 Å². The summed E-state index contributed by atoms with van der Waals surface area (Å²) in [5.74, 6) is 1.10. The van der Waals surface area contributed by atoms with E-state index in [0.29, 0.717) is 22.8 Å². The minimum Gasteiger partial charge on any atom is -0.496 e. The first-order valence-electron chi connectivity index (χ1n) is 9.66. The molecule has 0 aliphatic rings. The molecule has 0 saturated carbocycles. The fraction of sp³-hybridized carbons (Fsp3) is 0.318. The fourth-order valence-corrected chi connectivity index (χ4v) is 3.62. The van der Waals surface area contributed by atoms with Crippen molar-refractivity contribution >= 4 is 27.8 Å². The lowest BCUT2D eigenvalue weighted by atomic mass is 10.1. The van der Waals surface area contributed by atoms with E-state index in [4.69, 9.17) is 23.7 Å². The number of benzene rings is 2. The van der Waals surface area contributed by atoms with Crippen LogP contribution in [-0.2, 0) is 14.8 Å². The summed E-state index contributed by atoms with van der Waals surface area (Å²) in [5, 5.41) is 0.974. The van der Waals surface area contributed by atoms with Gasteiger partial charge in [0.15, 0.2) is 11.5 Å². The van der Waals surface area contributed by atoms with Crippen LogP contribution in [0.2, 0.25) is 0 Å². The lowest BCUT2D eigenvalue weighted by Gasteiger charge is -2.14. The number of ether oxygens (including phenoxy) is 5. The van der Waals surface area contributed by atoms with E-state index in [-0.39, 0.29) is 23.7 Å². The topological polar surface area (TPSA) is 113 Å². The number of nitrogens with one attached hydrogen (secondary N) is 1. The van der Waals surface area contributed by atoms with Gasteiger partial charge in [0.2, 0.25) is 0 Å². The van der Waals surface area contributed by atoms with Gasteiger partial charge in [-0.3, -0.25) is 14.4 Å². The van der Waals surface area contributed by atoms with Gasteiger partial charge in [0.05, 0.1) is 51.6 Å². The lowest BCUT2D eigenvalue weighted by molar-refractivity contribution is -0.135. The number of likely N-dealkylation sites (N-methyl/N-ethyl adjacent to an activating group) is 1. The highest BCUT2D eigenvalue weighted by Crippen LogP contribution is 2.35. The summed E-state index contributed by atoms with van der Waals surface area (Å²) in [5.41, 5.74) is 0.598. The summed E-state index contributed by atoms with van der Waals surface area (Å²) in [6.45, 7) is 0.0490. The monoisotopic (exact) mass is 480 g/mol. The Balaban J connectivity index is 2.30. The Kier molecular flexibility index (Phi) is 8.94. The van der Waals surface area contributed by atoms with Crippen LogP contribution in [-0.4, -0.2) is 68.4 Å². The third-order valence-corrected chi connectivity index (χ3v) is 5.27. The molecule has 11 heteroatoms. The number of rotatable bonds is 11. The SMILES string of the molecule is COc1cc(OC)c(/C=C/S(=O)(=O)Nc2ccc(OC)c(OC(=O)CN(C)C)c2)c(OC)c1. The standard InChI is InChI=1S/C22H28N2O8S/c1-24(2)14-22(25)32-21-11-15(7-8-18(21)29-4)23-33(26,27)10-9-17-19(30-5)12-16(28-3)13-20(17)31-6/h7-13,23H,14H2,1-6H3/b10-9+. The Bertz CT molecular complexity index is 1090. The molecule has 2 aromatic rings. The second-order valence-electron chi connectivity index (χ2n) is 6.97. The zero-order valence-electron chi connectivity index (χ0n) is 19.4. The van der Waals surface area contributed by atoms with Gasteiger partial charge in [-0.15, -0.1) is 0 Å². The summed E-state index contributed by atoms with van der Waals surface area (Å²) >= 11 is 0. The van der Waals surface area contributed by atoms with Crippen LogP contribution in [0, 0.1) is 0 Å². The molecule has 0 heterocycles. The predicted molar refractivity (Wildman–Crippen MR) is 125 cm³/mol. The smallest absolute Gasteiger partial charge is 0.325 e. The molecule has 0 spiro atoms. The summed E-state index contributed by atoms with van der Waals surface area (Å²) in [7, 11) is 5.33. The number of methoxy groups -OCH3 is 4. The molecule has 0 bridgehead atoms. The van der Waals surface area contributed by atoms with E-state index in [9.17, 15) is 13.2 Å². The van der Waals surface area contributed by atoms with Crippen molar-refractivity contribution in [1.29, 1.82) is 0 Å². The van der Waals surface area contributed by atoms with Crippen LogP contribution in [0.4, 0.5) is 5.69 Å². The highest BCUT2D eigenvalue weighted by atomic mass is 32.2. The van der Waals surface area contributed by atoms with Crippen LogP contribution in [0.15, 0.2) is 35.7 Å². The molecule has 1 N–H and O–H groups in total. The number of anilines is 1. The van der Waals surface area contributed by atoms with Crippen LogP contribution in [0.3, 0.4) is 0 Å². The molecule has 0 aromatic heterocycles. The highest BCUT2D eigenvalue weighted by Gasteiger charge is 2.16. The molecule has 33 heavy (non-hydrogen) atoms. The highest BCUT2D eigenvalue weighted by molar-refractivity contribution is 7.95. The van der Waals surface area contributed by atoms with Gasteiger partial charge >= 0.3 is 5.97 Å². The Morgan fingerprint density at radius 3 is 2.03 bits per heavy atom. The van der Waals surface area contributed by atoms with Crippen LogP contribution in [0.5, 0.6) is 28.7 Å². The van der Waals surface area contributed by atoms with Crippen molar-refractivity contribution in [3.8, 4) is 28.7 Å². The molecule has 0 radical (unpaired) electrons. The summed E-state index contributed by atoms with van der Waals surface area (Å²) in [6.07, 6.45) is 1.35. The second-order valence-corrected chi connectivity index (χ2v) is 8.54. The number of esters is 1. The average molecular weight is 481 g/mol. The molecule has 180 valence electrons. The molecule has 10 nitrogen and oxygen atoms in total. The van der Waals surface area contributed by atoms with Crippen molar-refractivity contribution in [2.75, 3.05) is 53.8 Å². The molecule has 0 aliphatic carbocycles. The first kappa shape index (κ1) is 25.8. The largest absolute Gasteiger partial charge is 0.496 e. The van der Waals surface area contributed by atoms with Crippen LogP contribution in [0.25, 0.3) is 6.08 Å². The third kappa shape index (κ3) is 7.29. The number of hydrogen-bond donors (Lipinski definition) is 1. The molecule has 2 aromatic carbocycles. The Labute approximate surface area is 193 Å². The quantitative estimate of drug-likeness (QED) is 0.383. The molecule has 0 fully saturated rings. The van der Waals surface area contributed by atoms with Gasteiger partial charge in [-0.25, -0.2) is 8.42 Å². The number of carbonyl (C=O) groups is 1. The van der Waals surface area contributed by atoms with Crippen molar-refractivity contribution < 1.29 is 36.9 Å². The van der Waals surface area contributed by atoms with E-state index in [0.717, 1.165) is 5.41 Å². The molecule has 0 unspecified atom stereocenters. The number of hydrogen-bond acceptors (Lipinski definition) is 9. The first-order valence-corrected chi connectivity index (χ1v) is 11.2. The van der Waals surface area contributed by atoms with Gasteiger partial charge in [0, 0.05) is 18.2 Å². The van der Waals surface area contributed by atoms with E-state index < -0.39 is 16.0 Å². The Hall–Kier alpha value is -3.44. The zero-order chi connectivity index (χ0) is 24.6. The molecular weight excluding hydrogens is 452 g/mol. The predicted octanol–water partition coefficient (Wildman–Crippen LogP) is 2.60. The summed E-state index contributed by atoms with van der Waals surface area (Å²) in [6, 6.07) is 7.57. The number of carbonyl (C=O) groups excluding carboxylic acids is 1. The van der Waals surface area contributed by atoms with E-state index >= 15 is 0 Å². The van der Waals surface area contributed by atoms with E-state index in [1.807, 2.05) is 0 Å². The van der Waals surface area contributed by atoms with Crippen LogP contribution < -0.4 is 28.4 Å². The average Bonchev–Trinajstić information content (AvgIpc) is 2.76. The molecule has 0 saturated heterocycles. The van der Waals surface area contributed by atoms with Crippen LogP contribution >= 0.6 is 0 Å². The number of sulfonamides is 1. The van der Waals surface area contributed by atoms with Crippen molar-refractivity contribution in [1.82, 2.24) is 4.90 Å². The van der Waals surface area contributed by atoms with E-state index in [1.165, 1.54) is 52.7 Å². The van der Waals surface area contributed by atoms with Gasteiger partial charge in [-0.05, 0) is 32.3 Å². The van der Waals surface area contributed by atoms with Gasteiger partial charge in [0.25, 0.3) is 10.0 Å². The third-order valence-electron chi connectivity index (χ3n) is 4.26. The van der Waals surface area contributed by atoms with Gasteiger partial charge < -0.3 is 23.7 Å². The minimum absolute atomic E-state index is 0.0490. The van der Waals surface area contributed by atoms with Crippen molar-refractivity contribution in [3.63, 3.8) is 0 Å². The maximum Gasteiger partial charge on any atom is 0.325 e. The van der Waals surface area contributed by atoms with E-state index in [1.54, 1.807) is 31.1 Å². The van der Waals surface area contributed by atoms with Crippen molar-refractivity contribution in [2.45, 2.75) is 0 Å². The normalized spacial score (nSPS) is 11.4.